The zero-order valence-electron chi connectivity index (χ0n) is 12.7. The predicted molar refractivity (Wildman–Crippen MR) is 79.4 cm³/mol. The van der Waals surface area contributed by atoms with Crippen LogP contribution in [-0.2, 0) is 19.6 Å². The van der Waals surface area contributed by atoms with Crippen molar-refractivity contribution in [2.45, 2.75) is 18.9 Å². The fourth-order valence-electron chi connectivity index (χ4n) is 2.80. The van der Waals surface area contributed by atoms with Gasteiger partial charge < -0.3 is 15.0 Å². The first-order valence-electron chi connectivity index (χ1n) is 7.39. The first kappa shape index (κ1) is 16.7. The van der Waals surface area contributed by atoms with E-state index in [9.17, 15) is 13.2 Å². The van der Waals surface area contributed by atoms with E-state index in [1.807, 2.05) is 7.05 Å². The van der Waals surface area contributed by atoms with Gasteiger partial charge in [0.05, 0.1) is 19.0 Å². The summed E-state index contributed by atoms with van der Waals surface area (Å²) < 4.78 is 29.9. The standard InChI is InChI=1S/C13H25N3O4S/c1-15-7-8-20-12(10-15)9-14-13(17)11-3-5-16(6-4-11)21(2,18)19/h11-12H,3-10H2,1-2H3,(H,14,17). The minimum Gasteiger partial charge on any atom is -0.374 e. The lowest BCUT2D eigenvalue weighted by molar-refractivity contribution is -0.127. The average molecular weight is 319 g/mol. The maximum atomic E-state index is 12.1. The molecule has 2 rings (SSSR count). The second-order valence-electron chi connectivity index (χ2n) is 5.94. The smallest absolute Gasteiger partial charge is 0.223 e. The van der Waals surface area contributed by atoms with Crippen LogP contribution in [0.1, 0.15) is 12.8 Å². The summed E-state index contributed by atoms with van der Waals surface area (Å²) in [6, 6.07) is 0. The van der Waals surface area contributed by atoms with Crippen molar-refractivity contribution in [1.29, 1.82) is 0 Å². The molecule has 8 heteroatoms. The van der Waals surface area contributed by atoms with Crippen LogP contribution in [0.15, 0.2) is 0 Å². The number of carbonyl (C=O) groups excluding carboxylic acids is 1. The SMILES string of the molecule is CN1CCOC(CNC(=O)C2CCN(S(C)(=O)=O)CC2)C1. The van der Waals surface area contributed by atoms with Crippen molar-refractivity contribution in [2.75, 3.05) is 52.6 Å². The molecule has 2 saturated heterocycles. The zero-order valence-corrected chi connectivity index (χ0v) is 13.6. The van der Waals surface area contributed by atoms with Crippen molar-refractivity contribution in [2.24, 2.45) is 5.92 Å². The summed E-state index contributed by atoms with van der Waals surface area (Å²) in [6.45, 7) is 3.83. The molecule has 1 amide bonds. The number of likely N-dealkylation sites (N-methyl/N-ethyl adjacent to an activating group) is 1. The molecule has 122 valence electrons. The number of amides is 1. The van der Waals surface area contributed by atoms with E-state index in [2.05, 4.69) is 10.2 Å². The number of hydrogen-bond donors (Lipinski definition) is 1. The number of hydrogen-bond acceptors (Lipinski definition) is 5. The Labute approximate surface area is 126 Å². The molecule has 0 aliphatic carbocycles. The summed E-state index contributed by atoms with van der Waals surface area (Å²) in [6.07, 6.45) is 2.43. The molecular formula is C13H25N3O4S. The highest BCUT2D eigenvalue weighted by atomic mass is 32.2. The van der Waals surface area contributed by atoms with Crippen LogP contribution in [0.2, 0.25) is 0 Å². The monoisotopic (exact) mass is 319 g/mol. The highest BCUT2D eigenvalue weighted by Gasteiger charge is 2.29. The summed E-state index contributed by atoms with van der Waals surface area (Å²) in [4.78, 5) is 14.3. The van der Waals surface area contributed by atoms with Gasteiger partial charge in [-0.1, -0.05) is 0 Å². The molecule has 2 aliphatic rings. The number of piperidine rings is 1. The molecule has 1 N–H and O–H groups in total. The Morgan fingerprint density at radius 2 is 1.95 bits per heavy atom. The molecule has 0 saturated carbocycles. The Balaban J connectivity index is 1.72. The molecule has 21 heavy (non-hydrogen) atoms. The molecule has 2 fully saturated rings. The minimum absolute atomic E-state index is 0.0139. The van der Waals surface area contributed by atoms with Crippen LogP contribution < -0.4 is 5.32 Å². The Kier molecular flexibility index (Phi) is 5.59. The summed E-state index contributed by atoms with van der Waals surface area (Å²) in [5, 5.41) is 2.94. The van der Waals surface area contributed by atoms with E-state index in [0.717, 1.165) is 13.1 Å². The van der Waals surface area contributed by atoms with E-state index in [0.29, 0.717) is 39.1 Å². The fraction of sp³-hybridized carbons (Fsp3) is 0.923. The number of nitrogens with one attached hydrogen (secondary N) is 1. The van der Waals surface area contributed by atoms with Gasteiger partial charge >= 0.3 is 0 Å². The maximum absolute atomic E-state index is 12.1. The van der Waals surface area contributed by atoms with Crippen molar-refractivity contribution in [1.82, 2.24) is 14.5 Å². The van der Waals surface area contributed by atoms with Crippen LogP contribution in [-0.4, -0.2) is 82.3 Å². The Hall–Kier alpha value is -0.700. The molecule has 2 aliphatic heterocycles. The maximum Gasteiger partial charge on any atom is 0.223 e. The molecule has 0 aromatic rings. The van der Waals surface area contributed by atoms with E-state index in [-0.39, 0.29) is 17.9 Å². The Bertz CT molecular complexity index is 460. The van der Waals surface area contributed by atoms with Crippen LogP contribution >= 0.6 is 0 Å². The van der Waals surface area contributed by atoms with Crippen molar-refractivity contribution >= 4 is 15.9 Å². The van der Waals surface area contributed by atoms with Gasteiger partial charge in [-0.15, -0.1) is 0 Å². The van der Waals surface area contributed by atoms with Gasteiger partial charge in [0.1, 0.15) is 0 Å². The molecule has 0 aromatic carbocycles. The lowest BCUT2D eigenvalue weighted by Crippen LogP contribution is -2.48. The first-order valence-corrected chi connectivity index (χ1v) is 9.24. The van der Waals surface area contributed by atoms with Crippen molar-refractivity contribution in [3.8, 4) is 0 Å². The molecule has 0 radical (unpaired) electrons. The molecule has 0 aromatic heterocycles. The van der Waals surface area contributed by atoms with E-state index < -0.39 is 10.0 Å². The van der Waals surface area contributed by atoms with Gasteiger partial charge in [-0.2, -0.15) is 0 Å². The second-order valence-corrected chi connectivity index (χ2v) is 7.92. The van der Waals surface area contributed by atoms with Crippen LogP contribution in [0.3, 0.4) is 0 Å². The van der Waals surface area contributed by atoms with Crippen LogP contribution in [0.4, 0.5) is 0 Å². The van der Waals surface area contributed by atoms with Gasteiger partial charge in [0.25, 0.3) is 0 Å². The normalized spacial score (nSPS) is 26.7. The van der Waals surface area contributed by atoms with Gasteiger partial charge in [0, 0.05) is 38.6 Å². The van der Waals surface area contributed by atoms with E-state index in [4.69, 9.17) is 4.74 Å². The molecule has 7 nitrogen and oxygen atoms in total. The summed E-state index contributed by atoms with van der Waals surface area (Å²) in [5.41, 5.74) is 0. The van der Waals surface area contributed by atoms with Crippen LogP contribution in [0, 0.1) is 5.92 Å². The van der Waals surface area contributed by atoms with Gasteiger partial charge in [-0.25, -0.2) is 12.7 Å². The lowest BCUT2D eigenvalue weighted by atomic mass is 9.97. The van der Waals surface area contributed by atoms with E-state index >= 15 is 0 Å². The molecule has 1 unspecified atom stereocenters. The third-order valence-corrected chi connectivity index (χ3v) is 5.44. The molecule has 0 spiro atoms. The largest absolute Gasteiger partial charge is 0.374 e. The summed E-state index contributed by atoms with van der Waals surface area (Å²) >= 11 is 0. The van der Waals surface area contributed by atoms with Crippen LogP contribution in [0.5, 0.6) is 0 Å². The number of sulfonamides is 1. The predicted octanol–water partition coefficient (Wildman–Crippen LogP) is -0.895. The van der Waals surface area contributed by atoms with Crippen molar-refractivity contribution in [3.63, 3.8) is 0 Å². The molecule has 1 atom stereocenters. The second kappa shape index (κ2) is 7.04. The van der Waals surface area contributed by atoms with Gasteiger partial charge in [-0.3, -0.25) is 4.79 Å². The highest BCUT2D eigenvalue weighted by molar-refractivity contribution is 7.88. The van der Waals surface area contributed by atoms with Gasteiger partial charge in [0.2, 0.25) is 15.9 Å². The van der Waals surface area contributed by atoms with Crippen molar-refractivity contribution < 1.29 is 17.9 Å². The lowest BCUT2D eigenvalue weighted by Gasteiger charge is -2.32. The first-order chi connectivity index (χ1) is 9.86. The fourth-order valence-corrected chi connectivity index (χ4v) is 3.67. The molecule has 2 heterocycles. The third-order valence-electron chi connectivity index (χ3n) is 4.14. The van der Waals surface area contributed by atoms with Gasteiger partial charge in [0.15, 0.2) is 0 Å². The number of morpholine rings is 1. The number of rotatable bonds is 4. The van der Waals surface area contributed by atoms with E-state index in [1.54, 1.807) is 0 Å². The summed E-state index contributed by atoms with van der Waals surface area (Å²) in [5.74, 6) is -0.0794. The Morgan fingerprint density at radius 1 is 1.29 bits per heavy atom. The number of nitrogens with zero attached hydrogens (tertiary/aromatic N) is 2. The average Bonchev–Trinajstić information content (AvgIpc) is 2.44. The molecular weight excluding hydrogens is 294 g/mol. The highest BCUT2D eigenvalue weighted by Crippen LogP contribution is 2.19. The number of carbonyl (C=O) groups is 1. The third kappa shape index (κ3) is 4.91. The minimum atomic E-state index is -3.13. The Morgan fingerprint density at radius 3 is 2.52 bits per heavy atom. The summed E-state index contributed by atoms with van der Waals surface area (Å²) in [7, 11) is -1.09. The quantitative estimate of drug-likeness (QED) is 0.727. The zero-order chi connectivity index (χ0) is 15.5. The van der Waals surface area contributed by atoms with Gasteiger partial charge in [-0.05, 0) is 19.9 Å². The van der Waals surface area contributed by atoms with Crippen molar-refractivity contribution in [3.05, 3.63) is 0 Å². The number of ether oxygens (including phenoxy) is 1. The van der Waals surface area contributed by atoms with E-state index in [1.165, 1.54) is 10.6 Å². The topological polar surface area (TPSA) is 79.0 Å². The molecule has 0 bridgehead atoms. The van der Waals surface area contributed by atoms with Crippen LogP contribution in [0.25, 0.3) is 0 Å².